The summed E-state index contributed by atoms with van der Waals surface area (Å²) >= 11 is 1.65. The van der Waals surface area contributed by atoms with Gasteiger partial charge >= 0.3 is 0 Å². The number of aliphatic imine (C=N–C) groups is 1. The van der Waals surface area contributed by atoms with E-state index in [1.807, 2.05) is 19.0 Å². The fraction of sp³-hybridized carbons (Fsp3) is 0.692. The van der Waals surface area contributed by atoms with Crippen LogP contribution in [0.25, 0.3) is 0 Å². The number of aromatic nitrogens is 1. The van der Waals surface area contributed by atoms with Crippen molar-refractivity contribution in [2.45, 2.75) is 26.8 Å². The van der Waals surface area contributed by atoms with Gasteiger partial charge in [-0.05, 0) is 12.3 Å². The highest BCUT2D eigenvalue weighted by atomic mass is 32.1. The quantitative estimate of drug-likeness (QED) is 0.619. The minimum absolute atomic E-state index is 0.700. The van der Waals surface area contributed by atoms with Crippen LogP contribution in [-0.2, 0) is 6.54 Å². The molecule has 6 heteroatoms. The van der Waals surface area contributed by atoms with Crippen LogP contribution >= 0.6 is 11.3 Å². The van der Waals surface area contributed by atoms with E-state index in [2.05, 4.69) is 39.8 Å². The van der Waals surface area contributed by atoms with Gasteiger partial charge in [-0.25, -0.2) is 4.98 Å². The van der Waals surface area contributed by atoms with Gasteiger partial charge in [-0.2, -0.15) is 0 Å². The normalized spacial score (nSPS) is 11.8. The SMILES string of the molecule is CN=C(NCCC(C)C)NCc1csc(N(C)C)n1. The first-order valence-corrected chi connectivity index (χ1v) is 7.47. The van der Waals surface area contributed by atoms with Crippen LogP contribution in [0.3, 0.4) is 0 Å². The number of nitrogens with zero attached hydrogens (tertiary/aromatic N) is 3. The summed E-state index contributed by atoms with van der Waals surface area (Å²) in [6.45, 7) is 6.08. The van der Waals surface area contributed by atoms with Gasteiger partial charge in [-0.3, -0.25) is 4.99 Å². The van der Waals surface area contributed by atoms with Crippen LogP contribution in [0.1, 0.15) is 26.0 Å². The Hall–Kier alpha value is -1.30. The van der Waals surface area contributed by atoms with Gasteiger partial charge in [0.25, 0.3) is 0 Å². The number of hydrogen-bond acceptors (Lipinski definition) is 4. The first kappa shape index (κ1) is 15.8. The van der Waals surface area contributed by atoms with Gasteiger partial charge in [0.1, 0.15) is 0 Å². The maximum atomic E-state index is 4.52. The van der Waals surface area contributed by atoms with Crippen LogP contribution in [0.5, 0.6) is 0 Å². The molecule has 1 aromatic heterocycles. The molecule has 0 aliphatic heterocycles. The molecule has 0 saturated carbocycles. The summed E-state index contributed by atoms with van der Waals surface area (Å²) < 4.78 is 0. The van der Waals surface area contributed by atoms with Crippen LogP contribution in [0, 0.1) is 5.92 Å². The molecule has 0 fully saturated rings. The minimum Gasteiger partial charge on any atom is -0.356 e. The van der Waals surface area contributed by atoms with E-state index >= 15 is 0 Å². The molecule has 1 rings (SSSR count). The molecule has 19 heavy (non-hydrogen) atoms. The molecular formula is C13H25N5S. The van der Waals surface area contributed by atoms with Crippen LogP contribution in [0.4, 0.5) is 5.13 Å². The second kappa shape index (κ2) is 7.99. The van der Waals surface area contributed by atoms with Crippen molar-refractivity contribution in [2.75, 3.05) is 32.6 Å². The van der Waals surface area contributed by atoms with Crippen LogP contribution in [0.15, 0.2) is 10.4 Å². The van der Waals surface area contributed by atoms with E-state index < -0.39 is 0 Å². The Morgan fingerprint density at radius 3 is 2.68 bits per heavy atom. The fourth-order valence-electron chi connectivity index (χ4n) is 1.46. The summed E-state index contributed by atoms with van der Waals surface area (Å²) in [5.74, 6) is 1.53. The lowest BCUT2D eigenvalue weighted by Crippen LogP contribution is -2.37. The van der Waals surface area contributed by atoms with E-state index in [1.54, 1.807) is 18.4 Å². The van der Waals surface area contributed by atoms with Gasteiger partial charge in [0.2, 0.25) is 0 Å². The molecule has 1 aromatic rings. The minimum atomic E-state index is 0.700. The van der Waals surface area contributed by atoms with Crippen molar-refractivity contribution in [3.63, 3.8) is 0 Å². The second-order valence-corrected chi connectivity index (χ2v) is 5.89. The number of hydrogen-bond donors (Lipinski definition) is 2. The molecule has 0 bridgehead atoms. The zero-order valence-electron chi connectivity index (χ0n) is 12.5. The summed E-state index contributed by atoms with van der Waals surface area (Å²) in [5.41, 5.74) is 1.04. The molecule has 0 atom stereocenters. The third kappa shape index (κ3) is 5.92. The van der Waals surface area contributed by atoms with E-state index in [0.717, 1.165) is 29.8 Å². The van der Waals surface area contributed by atoms with Crippen molar-refractivity contribution < 1.29 is 0 Å². The third-order valence-electron chi connectivity index (χ3n) is 2.60. The Labute approximate surface area is 120 Å². The van der Waals surface area contributed by atoms with Gasteiger partial charge in [-0.15, -0.1) is 11.3 Å². The standard InChI is InChI=1S/C13H25N5S/c1-10(2)6-7-15-12(14-3)16-8-11-9-19-13(17-11)18(4)5/h9-10H,6-8H2,1-5H3,(H2,14,15,16). The zero-order chi connectivity index (χ0) is 14.3. The van der Waals surface area contributed by atoms with Gasteiger partial charge in [0.05, 0.1) is 12.2 Å². The number of anilines is 1. The maximum absolute atomic E-state index is 4.52. The van der Waals surface area contributed by atoms with Crippen molar-refractivity contribution in [2.24, 2.45) is 10.9 Å². The van der Waals surface area contributed by atoms with E-state index in [1.165, 1.54) is 0 Å². The number of rotatable bonds is 6. The highest BCUT2D eigenvalue weighted by Crippen LogP contribution is 2.17. The van der Waals surface area contributed by atoms with Crippen LogP contribution in [-0.4, -0.2) is 38.6 Å². The Morgan fingerprint density at radius 2 is 2.16 bits per heavy atom. The van der Waals surface area contributed by atoms with E-state index in [9.17, 15) is 0 Å². The van der Waals surface area contributed by atoms with Gasteiger partial charge in [0, 0.05) is 33.1 Å². The summed E-state index contributed by atoms with van der Waals surface area (Å²) in [6.07, 6.45) is 1.14. The highest BCUT2D eigenvalue weighted by Gasteiger charge is 2.04. The Morgan fingerprint density at radius 1 is 1.42 bits per heavy atom. The summed E-state index contributed by atoms with van der Waals surface area (Å²) in [5, 5.41) is 9.68. The van der Waals surface area contributed by atoms with Crippen molar-refractivity contribution in [3.05, 3.63) is 11.1 Å². The predicted octanol–water partition coefficient (Wildman–Crippen LogP) is 1.92. The van der Waals surface area contributed by atoms with E-state index in [4.69, 9.17) is 0 Å². The van der Waals surface area contributed by atoms with Crippen molar-refractivity contribution in [1.29, 1.82) is 0 Å². The molecule has 0 aliphatic carbocycles. The van der Waals surface area contributed by atoms with Crippen LogP contribution < -0.4 is 15.5 Å². The van der Waals surface area contributed by atoms with E-state index in [-0.39, 0.29) is 0 Å². The van der Waals surface area contributed by atoms with Gasteiger partial charge in [-0.1, -0.05) is 13.8 Å². The predicted molar refractivity (Wildman–Crippen MR) is 84.1 cm³/mol. The van der Waals surface area contributed by atoms with Gasteiger partial charge < -0.3 is 15.5 Å². The first-order valence-electron chi connectivity index (χ1n) is 6.59. The molecule has 0 unspecified atom stereocenters. The molecule has 108 valence electrons. The molecule has 5 nitrogen and oxygen atoms in total. The second-order valence-electron chi connectivity index (χ2n) is 5.05. The summed E-state index contributed by atoms with van der Waals surface area (Å²) in [4.78, 5) is 10.7. The lowest BCUT2D eigenvalue weighted by atomic mass is 10.1. The molecule has 0 radical (unpaired) electrons. The molecule has 0 spiro atoms. The Bertz CT molecular complexity index is 397. The molecule has 0 saturated heterocycles. The topological polar surface area (TPSA) is 52.6 Å². The molecule has 2 N–H and O–H groups in total. The smallest absolute Gasteiger partial charge is 0.191 e. The largest absolute Gasteiger partial charge is 0.356 e. The maximum Gasteiger partial charge on any atom is 0.191 e. The van der Waals surface area contributed by atoms with Crippen molar-refractivity contribution in [3.8, 4) is 0 Å². The molecular weight excluding hydrogens is 258 g/mol. The molecule has 0 aliphatic rings. The summed E-state index contributed by atoms with van der Waals surface area (Å²) in [7, 11) is 5.79. The summed E-state index contributed by atoms with van der Waals surface area (Å²) in [6, 6.07) is 0. The lowest BCUT2D eigenvalue weighted by molar-refractivity contribution is 0.573. The molecule has 1 heterocycles. The monoisotopic (exact) mass is 283 g/mol. The third-order valence-corrected chi connectivity index (χ3v) is 3.65. The van der Waals surface area contributed by atoms with Crippen molar-refractivity contribution in [1.82, 2.24) is 15.6 Å². The molecule has 0 aromatic carbocycles. The number of thiazole rings is 1. The molecule has 0 amide bonds. The zero-order valence-corrected chi connectivity index (χ0v) is 13.3. The Kier molecular flexibility index (Phi) is 6.62. The number of nitrogens with one attached hydrogen (secondary N) is 2. The van der Waals surface area contributed by atoms with Gasteiger partial charge in [0.15, 0.2) is 11.1 Å². The van der Waals surface area contributed by atoms with E-state index in [0.29, 0.717) is 12.5 Å². The van der Waals surface area contributed by atoms with Crippen LogP contribution in [0.2, 0.25) is 0 Å². The number of guanidine groups is 1. The lowest BCUT2D eigenvalue weighted by Gasteiger charge is -2.12. The fourth-order valence-corrected chi connectivity index (χ4v) is 2.22. The average Bonchev–Trinajstić information content (AvgIpc) is 2.82. The van der Waals surface area contributed by atoms with Crippen molar-refractivity contribution >= 4 is 22.4 Å². The first-order chi connectivity index (χ1) is 9.02. The average molecular weight is 283 g/mol. The Balaban J connectivity index is 2.36. The highest BCUT2D eigenvalue weighted by molar-refractivity contribution is 7.13.